The lowest BCUT2D eigenvalue weighted by Crippen LogP contribution is -2.51. The molecule has 0 atom stereocenters. The maximum absolute atomic E-state index is 12.6. The van der Waals surface area contributed by atoms with Gasteiger partial charge in [0.1, 0.15) is 0 Å². The molecule has 1 aromatic carbocycles. The minimum absolute atomic E-state index is 0.0932. The van der Waals surface area contributed by atoms with Gasteiger partial charge in [-0.25, -0.2) is 0 Å². The summed E-state index contributed by atoms with van der Waals surface area (Å²) in [5.74, 6) is 1.27. The summed E-state index contributed by atoms with van der Waals surface area (Å²) in [6.45, 7) is 7.06. The topological polar surface area (TPSA) is 82.8 Å². The zero-order chi connectivity index (χ0) is 20.9. The normalized spacial score (nSPS) is 17.5. The van der Waals surface area contributed by atoms with E-state index in [0.29, 0.717) is 44.3 Å². The van der Waals surface area contributed by atoms with Crippen LogP contribution in [0.5, 0.6) is 0 Å². The highest BCUT2D eigenvalue weighted by atomic mass is 16.4. The van der Waals surface area contributed by atoms with Crippen LogP contribution in [0.15, 0.2) is 28.7 Å². The fourth-order valence-corrected chi connectivity index (χ4v) is 3.95. The third-order valence-electron chi connectivity index (χ3n) is 5.86. The number of aryl methyl sites for hydroxylation is 2. The highest BCUT2D eigenvalue weighted by molar-refractivity contribution is 5.79. The van der Waals surface area contributed by atoms with Gasteiger partial charge in [0.15, 0.2) is 0 Å². The zero-order valence-electron chi connectivity index (χ0n) is 17.5. The van der Waals surface area contributed by atoms with Crippen molar-refractivity contribution in [1.82, 2.24) is 24.9 Å². The van der Waals surface area contributed by atoms with Crippen LogP contribution in [0.1, 0.15) is 30.7 Å². The quantitative estimate of drug-likeness (QED) is 0.720. The summed E-state index contributed by atoms with van der Waals surface area (Å²) in [6.07, 6.45) is 3.01. The Balaban J connectivity index is 1.21. The maximum atomic E-state index is 12.6. The Labute approximate surface area is 176 Å². The number of hydrogen-bond donors (Lipinski definition) is 0. The SMILES string of the molecule is Cc1ccc(-c2nnc(CCC(=O)N3CCN(CC(=O)N4CCCC4)CC3)o2)cc1. The first-order chi connectivity index (χ1) is 14.6. The van der Waals surface area contributed by atoms with E-state index in [1.54, 1.807) is 0 Å². The van der Waals surface area contributed by atoms with Crippen molar-refractivity contribution in [2.75, 3.05) is 45.8 Å². The number of piperazine rings is 1. The van der Waals surface area contributed by atoms with Crippen LogP contribution in [0.3, 0.4) is 0 Å². The average Bonchev–Trinajstić information content (AvgIpc) is 3.45. The Kier molecular flexibility index (Phi) is 6.42. The van der Waals surface area contributed by atoms with Gasteiger partial charge in [0.25, 0.3) is 0 Å². The lowest BCUT2D eigenvalue weighted by atomic mass is 10.1. The number of nitrogens with zero attached hydrogens (tertiary/aromatic N) is 5. The zero-order valence-corrected chi connectivity index (χ0v) is 17.5. The molecule has 0 N–H and O–H groups in total. The molecule has 0 spiro atoms. The number of carbonyl (C=O) groups is 2. The van der Waals surface area contributed by atoms with Crippen molar-refractivity contribution in [1.29, 1.82) is 0 Å². The van der Waals surface area contributed by atoms with Gasteiger partial charge in [-0.05, 0) is 31.9 Å². The Hall–Kier alpha value is -2.74. The van der Waals surface area contributed by atoms with Gasteiger partial charge in [-0.15, -0.1) is 10.2 Å². The van der Waals surface area contributed by atoms with Gasteiger partial charge in [0, 0.05) is 57.7 Å². The second kappa shape index (κ2) is 9.38. The molecule has 0 aliphatic carbocycles. The van der Waals surface area contributed by atoms with Crippen molar-refractivity contribution in [3.05, 3.63) is 35.7 Å². The van der Waals surface area contributed by atoms with Crippen LogP contribution < -0.4 is 0 Å². The molecule has 0 bridgehead atoms. The predicted octanol–water partition coefficient (Wildman–Crippen LogP) is 1.74. The molecular formula is C22H29N5O3. The fourth-order valence-electron chi connectivity index (χ4n) is 3.95. The Morgan fingerprint density at radius 1 is 0.900 bits per heavy atom. The number of aromatic nitrogens is 2. The number of carbonyl (C=O) groups excluding carboxylic acids is 2. The minimum atomic E-state index is 0.0932. The molecule has 8 nitrogen and oxygen atoms in total. The first-order valence-corrected chi connectivity index (χ1v) is 10.8. The minimum Gasteiger partial charge on any atom is -0.421 e. The molecule has 160 valence electrons. The van der Waals surface area contributed by atoms with E-state index in [1.807, 2.05) is 41.0 Å². The van der Waals surface area contributed by atoms with Crippen molar-refractivity contribution in [3.63, 3.8) is 0 Å². The van der Waals surface area contributed by atoms with Crippen molar-refractivity contribution in [2.24, 2.45) is 0 Å². The van der Waals surface area contributed by atoms with E-state index in [1.165, 1.54) is 5.56 Å². The van der Waals surface area contributed by atoms with Crippen molar-refractivity contribution >= 4 is 11.8 Å². The molecule has 0 radical (unpaired) electrons. The molecule has 2 fully saturated rings. The fraction of sp³-hybridized carbons (Fsp3) is 0.545. The van der Waals surface area contributed by atoms with E-state index < -0.39 is 0 Å². The van der Waals surface area contributed by atoms with Crippen molar-refractivity contribution in [3.8, 4) is 11.5 Å². The average molecular weight is 412 g/mol. The number of benzene rings is 1. The van der Waals surface area contributed by atoms with E-state index in [0.717, 1.165) is 44.6 Å². The Morgan fingerprint density at radius 2 is 1.57 bits per heavy atom. The summed E-state index contributed by atoms with van der Waals surface area (Å²) in [5, 5.41) is 8.17. The van der Waals surface area contributed by atoms with Crippen LogP contribution in [-0.2, 0) is 16.0 Å². The summed E-state index contributed by atoms with van der Waals surface area (Å²) in [5.41, 5.74) is 2.05. The summed E-state index contributed by atoms with van der Waals surface area (Å²) in [4.78, 5) is 30.8. The van der Waals surface area contributed by atoms with Gasteiger partial charge < -0.3 is 14.2 Å². The molecule has 0 unspecified atom stereocenters. The summed E-state index contributed by atoms with van der Waals surface area (Å²) in [6, 6.07) is 7.90. The molecule has 30 heavy (non-hydrogen) atoms. The van der Waals surface area contributed by atoms with Crippen molar-refractivity contribution < 1.29 is 14.0 Å². The van der Waals surface area contributed by atoms with Gasteiger partial charge in [-0.2, -0.15) is 0 Å². The van der Waals surface area contributed by atoms with Gasteiger partial charge in [-0.3, -0.25) is 14.5 Å². The second-order valence-electron chi connectivity index (χ2n) is 8.11. The molecule has 4 rings (SSSR count). The standard InChI is InChI=1S/C22H29N5O3/c1-17-4-6-18(7-5-17)22-24-23-19(30-22)8-9-20(28)27-14-12-25(13-15-27)16-21(29)26-10-2-3-11-26/h4-7H,2-3,8-16H2,1H3. The molecule has 2 aromatic rings. The number of likely N-dealkylation sites (tertiary alicyclic amines) is 1. The first-order valence-electron chi connectivity index (χ1n) is 10.8. The molecular weight excluding hydrogens is 382 g/mol. The largest absolute Gasteiger partial charge is 0.421 e. The van der Waals surface area contributed by atoms with Crippen molar-refractivity contribution in [2.45, 2.75) is 32.6 Å². The van der Waals surface area contributed by atoms with Gasteiger partial charge >= 0.3 is 0 Å². The lowest BCUT2D eigenvalue weighted by Gasteiger charge is -2.35. The first kappa shape index (κ1) is 20.5. The van der Waals surface area contributed by atoms with Crippen LogP contribution in [0.25, 0.3) is 11.5 Å². The summed E-state index contributed by atoms with van der Waals surface area (Å²) < 4.78 is 5.71. The maximum Gasteiger partial charge on any atom is 0.247 e. The van der Waals surface area contributed by atoms with Crippen LogP contribution in [0, 0.1) is 6.92 Å². The third kappa shape index (κ3) is 5.05. The smallest absolute Gasteiger partial charge is 0.247 e. The monoisotopic (exact) mass is 411 g/mol. The molecule has 2 saturated heterocycles. The second-order valence-corrected chi connectivity index (χ2v) is 8.11. The lowest BCUT2D eigenvalue weighted by molar-refractivity contribution is -0.134. The van der Waals surface area contributed by atoms with Crippen LogP contribution >= 0.6 is 0 Å². The molecule has 3 heterocycles. The van der Waals surface area contributed by atoms with Gasteiger partial charge in [-0.1, -0.05) is 17.7 Å². The summed E-state index contributed by atoms with van der Waals surface area (Å²) in [7, 11) is 0. The third-order valence-corrected chi connectivity index (χ3v) is 5.86. The van der Waals surface area contributed by atoms with E-state index in [-0.39, 0.29) is 11.8 Å². The van der Waals surface area contributed by atoms with Crippen LogP contribution in [0.4, 0.5) is 0 Å². The molecule has 8 heteroatoms. The molecule has 0 saturated carbocycles. The Bertz CT molecular complexity index is 865. The van der Waals surface area contributed by atoms with Crippen LogP contribution in [0.2, 0.25) is 0 Å². The number of hydrogen-bond acceptors (Lipinski definition) is 6. The van der Waals surface area contributed by atoms with Crippen LogP contribution in [-0.4, -0.2) is 82.5 Å². The van der Waals surface area contributed by atoms with Gasteiger partial charge in [0.2, 0.25) is 23.6 Å². The van der Waals surface area contributed by atoms with E-state index in [2.05, 4.69) is 15.1 Å². The van der Waals surface area contributed by atoms with E-state index in [9.17, 15) is 9.59 Å². The molecule has 2 amide bonds. The summed E-state index contributed by atoms with van der Waals surface area (Å²) >= 11 is 0. The van der Waals surface area contributed by atoms with E-state index in [4.69, 9.17) is 4.42 Å². The highest BCUT2D eigenvalue weighted by Crippen LogP contribution is 2.19. The number of rotatable bonds is 6. The number of amides is 2. The van der Waals surface area contributed by atoms with E-state index >= 15 is 0 Å². The Morgan fingerprint density at radius 3 is 2.27 bits per heavy atom. The predicted molar refractivity (Wildman–Crippen MR) is 112 cm³/mol. The molecule has 2 aliphatic heterocycles. The molecule has 1 aromatic heterocycles. The molecule has 2 aliphatic rings. The highest BCUT2D eigenvalue weighted by Gasteiger charge is 2.25. The van der Waals surface area contributed by atoms with Gasteiger partial charge in [0.05, 0.1) is 6.54 Å².